The zero-order valence-electron chi connectivity index (χ0n) is 18.6. The molecule has 4 rings (SSSR count). The van der Waals surface area contributed by atoms with Crippen molar-refractivity contribution in [3.05, 3.63) is 64.7 Å². The Hall–Kier alpha value is -2.82. The molecule has 0 radical (unpaired) electrons. The fraction of sp³-hybridized carbons (Fsp3) is 0.462. The van der Waals surface area contributed by atoms with E-state index in [1.807, 2.05) is 66.1 Å². The number of carbonyl (C=O) groups is 2. The molecule has 5 heteroatoms. The summed E-state index contributed by atoms with van der Waals surface area (Å²) in [5.41, 5.74) is 3.62. The van der Waals surface area contributed by atoms with Gasteiger partial charge >= 0.3 is 0 Å². The Morgan fingerprint density at radius 3 is 2.52 bits per heavy atom. The summed E-state index contributed by atoms with van der Waals surface area (Å²) in [6, 6.07) is 13.5. The summed E-state index contributed by atoms with van der Waals surface area (Å²) in [7, 11) is 0. The van der Waals surface area contributed by atoms with E-state index < -0.39 is 0 Å². The zero-order valence-corrected chi connectivity index (χ0v) is 18.6. The first-order chi connectivity index (χ1) is 15.0. The molecule has 0 spiro atoms. The van der Waals surface area contributed by atoms with Crippen molar-refractivity contribution in [3.8, 4) is 5.75 Å². The molecule has 2 aromatic carbocycles. The van der Waals surface area contributed by atoms with E-state index in [2.05, 4.69) is 0 Å². The summed E-state index contributed by atoms with van der Waals surface area (Å²) in [5, 5.41) is 0. The lowest BCUT2D eigenvalue weighted by molar-refractivity contribution is 0.0631. The van der Waals surface area contributed by atoms with Crippen LogP contribution in [0.15, 0.2) is 42.5 Å². The SMILES string of the molecule is Cc1ccc(C)c(C(=O)N2CCC[C@H](COc3cccc(C(=O)N4CCCC4)c3)C2)c1. The summed E-state index contributed by atoms with van der Waals surface area (Å²) in [5.74, 6) is 1.22. The van der Waals surface area contributed by atoms with Crippen LogP contribution in [0.3, 0.4) is 0 Å². The molecule has 0 bridgehead atoms. The predicted molar refractivity (Wildman–Crippen MR) is 122 cm³/mol. The van der Waals surface area contributed by atoms with Gasteiger partial charge in [-0.1, -0.05) is 23.8 Å². The van der Waals surface area contributed by atoms with Gasteiger partial charge in [-0.2, -0.15) is 0 Å². The first-order valence-electron chi connectivity index (χ1n) is 11.4. The predicted octanol–water partition coefficient (Wildman–Crippen LogP) is 4.47. The molecule has 2 amide bonds. The van der Waals surface area contributed by atoms with Crippen LogP contribution in [0.25, 0.3) is 0 Å². The molecule has 2 aromatic rings. The van der Waals surface area contributed by atoms with Crippen molar-refractivity contribution < 1.29 is 14.3 Å². The second-order valence-corrected chi connectivity index (χ2v) is 8.92. The summed E-state index contributed by atoms with van der Waals surface area (Å²) in [4.78, 5) is 29.6. The Balaban J connectivity index is 1.36. The summed E-state index contributed by atoms with van der Waals surface area (Å²) >= 11 is 0. The van der Waals surface area contributed by atoms with Crippen LogP contribution in [0.4, 0.5) is 0 Å². The van der Waals surface area contributed by atoms with Gasteiger partial charge in [-0.15, -0.1) is 0 Å². The van der Waals surface area contributed by atoms with Crippen LogP contribution >= 0.6 is 0 Å². The van der Waals surface area contributed by atoms with Crippen LogP contribution in [0.2, 0.25) is 0 Å². The van der Waals surface area contributed by atoms with Gasteiger partial charge in [0, 0.05) is 43.2 Å². The third-order valence-electron chi connectivity index (χ3n) is 6.39. The largest absolute Gasteiger partial charge is 0.493 e. The number of likely N-dealkylation sites (tertiary alicyclic amines) is 2. The molecule has 2 fully saturated rings. The summed E-state index contributed by atoms with van der Waals surface area (Å²) in [6.45, 7) is 7.75. The Kier molecular flexibility index (Phi) is 6.59. The van der Waals surface area contributed by atoms with Crippen molar-refractivity contribution in [2.45, 2.75) is 39.5 Å². The van der Waals surface area contributed by atoms with Crippen molar-refractivity contribution in [1.82, 2.24) is 9.80 Å². The van der Waals surface area contributed by atoms with Crippen LogP contribution in [0.5, 0.6) is 5.75 Å². The molecule has 2 aliphatic heterocycles. The number of rotatable bonds is 5. The number of piperidine rings is 1. The van der Waals surface area contributed by atoms with Gasteiger partial charge in [0.05, 0.1) is 6.61 Å². The lowest BCUT2D eigenvalue weighted by Gasteiger charge is -2.33. The normalized spacial score (nSPS) is 18.8. The molecular formula is C26H32N2O3. The van der Waals surface area contributed by atoms with Crippen molar-refractivity contribution >= 4 is 11.8 Å². The quantitative estimate of drug-likeness (QED) is 0.717. The molecule has 0 unspecified atom stereocenters. The van der Waals surface area contributed by atoms with E-state index in [0.29, 0.717) is 24.6 Å². The van der Waals surface area contributed by atoms with Gasteiger partial charge in [0.1, 0.15) is 5.75 Å². The molecule has 0 aromatic heterocycles. The lowest BCUT2D eigenvalue weighted by Crippen LogP contribution is -2.41. The van der Waals surface area contributed by atoms with Gasteiger partial charge in [0.25, 0.3) is 11.8 Å². The molecule has 5 nitrogen and oxygen atoms in total. The number of amides is 2. The van der Waals surface area contributed by atoms with E-state index in [9.17, 15) is 9.59 Å². The molecule has 164 valence electrons. The van der Waals surface area contributed by atoms with Crippen LogP contribution in [-0.2, 0) is 0 Å². The first kappa shape index (κ1) is 21.4. The van der Waals surface area contributed by atoms with Crippen molar-refractivity contribution in [2.75, 3.05) is 32.8 Å². The van der Waals surface area contributed by atoms with E-state index in [1.54, 1.807) is 0 Å². The van der Waals surface area contributed by atoms with E-state index in [-0.39, 0.29) is 11.8 Å². The van der Waals surface area contributed by atoms with Crippen molar-refractivity contribution in [2.24, 2.45) is 5.92 Å². The fourth-order valence-corrected chi connectivity index (χ4v) is 4.56. The standard InChI is InChI=1S/C26H32N2O3/c1-19-10-11-20(2)24(15-19)26(30)28-14-6-7-21(17-28)18-31-23-9-5-8-22(16-23)25(29)27-12-3-4-13-27/h5,8-11,15-16,21H,3-4,6-7,12-14,17-18H2,1-2H3/t21-/m0/s1. The summed E-state index contributed by atoms with van der Waals surface area (Å²) < 4.78 is 6.07. The maximum atomic E-state index is 13.1. The Labute approximate surface area is 185 Å². The molecule has 1 atom stereocenters. The maximum absolute atomic E-state index is 13.1. The minimum atomic E-state index is 0.0888. The maximum Gasteiger partial charge on any atom is 0.254 e. The van der Waals surface area contributed by atoms with Gasteiger partial charge in [-0.3, -0.25) is 9.59 Å². The second-order valence-electron chi connectivity index (χ2n) is 8.92. The fourth-order valence-electron chi connectivity index (χ4n) is 4.56. The molecule has 0 saturated carbocycles. The molecule has 2 aliphatic rings. The minimum Gasteiger partial charge on any atom is -0.493 e. The Morgan fingerprint density at radius 1 is 0.935 bits per heavy atom. The molecule has 0 aliphatic carbocycles. The Morgan fingerprint density at radius 2 is 1.71 bits per heavy atom. The Bertz CT molecular complexity index is 949. The van der Waals surface area contributed by atoms with Gasteiger partial charge in [-0.05, 0) is 69.4 Å². The average molecular weight is 421 g/mol. The third-order valence-corrected chi connectivity index (χ3v) is 6.39. The highest BCUT2D eigenvalue weighted by atomic mass is 16.5. The monoisotopic (exact) mass is 420 g/mol. The van der Waals surface area contributed by atoms with E-state index in [0.717, 1.165) is 67.8 Å². The number of hydrogen-bond donors (Lipinski definition) is 0. The van der Waals surface area contributed by atoms with Crippen molar-refractivity contribution in [3.63, 3.8) is 0 Å². The van der Waals surface area contributed by atoms with E-state index in [1.165, 1.54) is 0 Å². The number of ether oxygens (including phenoxy) is 1. The van der Waals surface area contributed by atoms with Gasteiger partial charge in [0.15, 0.2) is 0 Å². The van der Waals surface area contributed by atoms with Crippen LogP contribution < -0.4 is 4.74 Å². The topological polar surface area (TPSA) is 49.9 Å². The summed E-state index contributed by atoms with van der Waals surface area (Å²) in [6.07, 6.45) is 4.20. The van der Waals surface area contributed by atoms with Crippen LogP contribution in [-0.4, -0.2) is 54.4 Å². The van der Waals surface area contributed by atoms with Gasteiger partial charge in [0.2, 0.25) is 0 Å². The highest BCUT2D eigenvalue weighted by Crippen LogP contribution is 2.23. The average Bonchev–Trinajstić information content (AvgIpc) is 3.34. The number of benzene rings is 2. The third kappa shape index (κ3) is 5.09. The highest BCUT2D eigenvalue weighted by Gasteiger charge is 2.26. The van der Waals surface area contributed by atoms with Gasteiger partial charge in [-0.25, -0.2) is 0 Å². The van der Waals surface area contributed by atoms with Crippen LogP contribution in [0, 0.1) is 19.8 Å². The lowest BCUT2D eigenvalue weighted by atomic mass is 9.97. The number of aryl methyl sites for hydroxylation is 2. The first-order valence-corrected chi connectivity index (χ1v) is 11.4. The molecule has 0 N–H and O–H groups in total. The van der Waals surface area contributed by atoms with Gasteiger partial charge < -0.3 is 14.5 Å². The molecule has 2 saturated heterocycles. The number of carbonyl (C=O) groups excluding carboxylic acids is 2. The zero-order chi connectivity index (χ0) is 21.8. The van der Waals surface area contributed by atoms with Crippen molar-refractivity contribution in [1.29, 1.82) is 0 Å². The smallest absolute Gasteiger partial charge is 0.254 e. The number of nitrogens with zero attached hydrogens (tertiary/aromatic N) is 2. The second kappa shape index (κ2) is 9.54. The minimum absolute atomic E-state index is 0.0888. The highest BCUT2D eigenvalue weighted by molar-refractivity contribution is 5.96. The molecular weight excluding hydrogens is 388 g/mol. The molecule has 2 heterocycles. The number of hydrogen-bond acceptors (Lipinski definition) is 3. The van der Waals surface area contributed by atoms with E-state index >= 15 is 0 Å². The van der Waals surface area contributed by atoms with Crippen LogP contribution in [0.1, 0.15) is 57.5 Å². The van der Waals surface area contributed by atoms with E-state index in [4.69, 9.17) is 4.74 Å². The molecule has 31 heavy (non-hydrogen) atoms.